The van der Waals surface area contributed by atoms with E-state index in [1.165, 1.54) is 17.8 Å². The fourth-order valence-electron chi connectivity index (χ4n) is 4.23. The summed E-state index contributed by atoms with van der Waals surface area (Å²) in [7, 11) is 1.65. The number of carbonyl (C=O) groups is 1. The van der Waals surface area contributed by atoms with E-state index >= 15 is 0 Å². The lowest BCUT2D eigenvalue weighted by molar-refractivity contribution is 0.102. The van der Waals surface area contributed by atoms with Gasteiger partial charge < -0.3 is 9.30 Å². The first-order valence-corrected chi connectivity index (χ1v) is 11.7. The average Bonchev–Trinajstić information content (AvgIpc) is 3.30. The SMILES string of the molecule is COc1ccc(C)cc1-c1csc(NC(=O)c2cc(C)nc3c2nc2n3CCCCC2)n1. The van der Waals surface area contributed by atoms with E-state index in [2.05, 4.69) is 14.9 Å². The maximum atomic E-state index is 13.2. The van der Waals surface area contributed by atoms with E-state index in [-0.39, 0.29) is 5.91 Å². The molecule has 0 saturated heterocycles. The van der Waals surface area contributed by atoms with Crippen LogP contribution >= 0.6 is 11.3 Å². The number of aromatic nitrogens is 4. The summed E-state index contributed by atoms with van der Waals surface area (Å²) < 4.78 is 7.66. The largest absolute Gasteiger partial charge is 0.496 e. The molecule has 0 aliphatic carbocycles. The maximum Gasteiger partial charge on any atom is 0.259 e. The molecule has 5 rings (SSSR count). The Morgan fingerprint density at radius 3 is 2.84 bits per heavy atom. The number of methoxy groups -OCH3 is 1. The monoisotopic (exact) mass is 447 g/mol. The Morgan fingerprint density at radius 1 is 1.12 bits per heavy atom. The number of carbonyl (C=O) groups excluding carboxylic acids is 1. The predicted octanol–water partition coefficient (Wildman–Crippen LogP) is 5.16. The average molecular weight is 448 g/mol. The Balaban J connectivity index is 1.47. The number of hydrogen-bond acceptors (Lipinski definition) is 6. The predicted molar refractivity (Wildman–Crippen MR) is 127 cm³/mol. The summed E-state index contributed by atoms with van der Waals surface area (Å²) in [6, 6.07) is 7.78. The Kier molecular flexibility index (Phi) is 5.38. The standard InChI is InChI=1S/C24H25N5O2S/c1-14-8-9-19(31-3)16(11-14)18-13-32-24(26-18)28-23(30)17-12-15(2)25-22-21(17)27-20-7-5-4-6-10-29(20)22/h8-9,11-13H,4-7,10H2,1-3H3,(H,26,28,30). The van der Waals surface area contributed by atoms with Crippen molar-refractivity contribution in [2.24, 2.45) is 0 Å². The summed E-state index contributed by atoms with van der Waals surface area (Å²) in [5, 5.41) is 5.43. The highest BCUT2D eigenvalue weighted by atomic mass is 32.1. The summed E-state index contributed by atoms with van der Waals surface area (Å²) in [5.41, 5.74) is 5.61. The van der Waals surface area contributed by atoms with Crippen LogP contribution in [0.25, 0.3) is 22.4 Å². The summed E-state index contributed by atoms with van der Waals surface area (Å²) in [6.45, 7) is 4.84. The second-order valence-corrected chi connectivity index (χ2v) is 9.03. The third-order valence-corrected chi connectivity index (χ3v) is 6.55. The normalized spacial score (nSPS) is 13.6. The number of benzene rings is 1. The Morgan fingerprint density at radius 2 is 2.00 bits per heavy atom. The van der Waals surface area contributed by atoms with Gasteiger partial charge in [-0.1, -0.05) is 18.1 Å². The molecule has 1 aliphatic rings. The number of imidazole rings is 1. The van der Waals surface area contributed by atoms with Gasteiger partial charge in [-0.25, -0.2) is 15.0 Å². The first kappa shape index (κ1) is 20.6. The number of nitrogens with one attached hydrogen (secondary N) is 1. The van der Waals surface area contributed by atoms with Gasteiger partial charge in [0, 0.05) is 29.6 Å². The molecular weight excluding hydrogens is 422 g/mol. The lowest BCUT2D eigenvalue weighted by Crippen LogP contribution is -2.13. The second kappa shape index (κ2) is 8.35. The van der Waals surface area contributed by atoms with Crippen LogP contribution in [0.2, 0.25) is 0 Å². The molecule has 0 fully saturated rings. The van der Waals surface area contributed by atoms with Gasteiger partial charge in [-0.05, 0) is 44.9 Å². The molecule has 0 bridgehead atoms. The quantitative estimate of drug-likeness (QED) is 0.467. The highest BCUT2D eigenvalue weighted by Gasteiger charge is 2.22. The summed E-state index contributed by atoms with van der Waals surface area (Å²) in [5.74, 6) is 1.56. The molecular formula is C24H25N5O2S. The second-order valence-electron chi connectivity index (χ2n) is 8.17. The van der Waals surface area contributed by atoms with Crippen molar-refractivity contribution in [3.05, 3.63) is 52.3 Å². The van der Waals surface area contributed by atoms with Crippen LogP contribution in [0.5, 0.6) is 5.75 Å². The number of nitrogens with zero attached hydrogens (tertiary/aromatic N) is 4. The van der Waals surface area contributed by atoms with E-state index in [1.54, 1.807) is 7.11 Å². The van der Waals surface area contributed by atoms with E-state index in [1.807, 2.05) is 43.5 Å². The van der Waals surface area contributed by atoms with Gasteiger partial charge >= 0.3 is 0 Å². The number of thiazole rings is 1. The van der Waals surface area contributed by atoms with Gasteiger partial charge in [0.05, 0.1) is 18.4 Å². The molecule has 0 radical (unpaired) electrons. The van der Waals surface area contributed by atoms with E-state index in [4.69, 9.17) is 14.7 Å². The molecule has 8 heteroatoms. The number of aryl methyl sites for hydroxylation is 4. The van der Waals surface area contributed by atoms with Crippen LogP contribution in [0.15, 0.2) is 29.6 Å². The molecule has 1 N–H and O–H groups in total. The maximum absolute atomic E-state index is 13.2. The number of amides is 1. The zero-order valence-electron chi connectivity index (χ0n) is 18.4. The molecule has 0 spiro atoms. The molecule has 4 heterocycles. The summed E-state index contributed by atoms with van der Waals surface area (Å²) in [4.78, 5) is 27.4. The number of ether oxygens (including phenoxy) is 1. The van der Waals surface area contributed by atoms with Gasteiger partial charge in [0.1, 0.15) is 17.1 Å². The van der Waals surface area contributed by atoms with Crippen LogP contribution in [0, 0.1) is 13.8 Å². The minimum absolute atomic E-state index is 0.217. The van der Waals surface area contributed by atoms with Crippen molar-refractivity contribution in [2.75, 3.05) is 12.4 Å². The van der Waals surface area contributed by atoms with Crippen molar-refractivity contribution in [3.63, 3.8) is 0 Å². The lowest BCUT2D eigenvalue weighted by atomic mass is 10.1. The minimum atomic E-state index is -0.217. The van der Waals surface area contributed by atoms with Gasteiger partial charge in [-0.3, -0.25) is 10.1 Å². The molecule has 1 amide bonds. The van der Waals surface area contributed by atoms with Crippen molar-refractivity contribution in [2.45, 2.75) is 46.1 Å². The molecule has 164 valence electrons. The molecule has 4 aromatic rings. The lowest BCUT2D eigenvalue weighted by Gasteiger charge is -2.07. The third-order valence-electron chi connectivity index (χ3n) is 5.79. The molecule has 1 aliphatic heterocycles. The van der Waals surface area contributed by atoms with E-state index in [9.17, 15) is 4.79 Å². The van der Waals surface area contributed by atoms with E-state index in [0.29, 0.717) is 16.2 Å². The summed E-state index contributed by atoms with van der Waals surface area (Å²) in [6.07, 6.45) is 4.35. The van der Waals surface area contributed by atoms with Gasteiger partial charge in [-0.15, -0.1) is 11.3 Å². The van der Waals surface area contributed by atoms with Crippen LogP contribution in [0.4, 0.5) is 5.13 Å². The highest BCUT2D eigenvalue weighted by molar-refractivity contribution is 7.14. The molecule has 0 saturated carbocycles. The van der Waals surface area contributed by atoms with Crippen LogP contribution in [-0.4, -0.2) is 32.5 Å². The molecule has 1 aromatic carbocycles. The fraction of sp³-hybridized carbons (Fsp3) is 0.333. The zero-order valence-corrected chi connectivity index (χ0v) is 19.3. The number of rotatable bonds is 4. The van der Waals surface area contributed by atoms with E-state index in [0.717, 1.165) is 65.5 Å². The van der Waals surface area contributed by atoms with Gasteiger partial charge in [-0.2, -0.15) is 0 Å². The van der Waals surface area contributed by atoms with Crippen molar-refractivity contribution in [1.82, 2.24) is 19.5 Å². The number of fused-ring (bicyclic) bond motifs is 3. The molecule has 7 nitrogen and oxygen atoms in total. The van der Waals surface area contributed by atoms with Crippen LogP contribution < -0.4 is 10.1 Å². The molecule has 0 unspecified atom stereocenters. The van der Waals surface area contributed by atoms with Gasteiger partial charge in [0.15, 0.2) is 10.8 Å². The third kappa shape index (κ3) is 3.75. The number of hydrogen-bond donors (Lipinski definition) is 1. The van der Waals surface area contributed by atoms with Crippen molar-refractivity contribution < 1.29 is 9.53 Å². The smallest absolute Gasteiger partial charge is 0.259 e. The number of pyridine rings is 1. The van der Waals surface area contributed by atoms with Crippen LogP contribution in [0.1, 0.15) is 46.7 Å². The zero-order chi connectivity index (χ0) is 22.2. The fourth-order valence-corrected chi connectivity index (χ4v) is 4.94. The van der Waals surface area contributed by atoms with Crippen LogP contribution in [-0.2, 0) is 13.0 Å². The minimum Gasteiger partial charge on any atom is -0.496 e. The van der Waals surface area contributed by atoms with Crippen molar-refractivity contribution in [3.8, 4) is 17.0 Å². The van der Waals surface area contributed by atoms with Gasteiger partial charge in [0.25, 0.3) is 5.91 Å². The van der Waals surface area contributed by atoms with E-state index < -0.39 is 0 Å². The Hall–Kier alpha value is -3.26. The Labute approximate surface area is 190 Å². The van der Waals surface area contributed by atoms with Crippen molar-refractivity contribution >= 4 is 33.5 Å². The summed E-state index contributed by atoms with van der Waals surface area (Å²) >= 11 is 1.39. The highest BCUT2D eigenvalue weighted by Crippen LogP contribution is 2.33. The Bertz CT molecular complexity index is 1320. The van der Waals surface area contributed by atoms with Gasteiger partial charge in [0.2, 0.25) is 0 Å². The first-order chi connectivity index (χ1) is 15.5. The first-order valence-electron chi connectivity index (χ1n) is 10.8. The van der Waals surface area contributed by atoms with Crippen molar-refractivity contribution in [1.29, 1.82) is 0 Å². The molecule has 32 heavy (non-hydrogen) atoms. The van der Waals surface area contributed by atoms with Crippen LogP contribution in [0.3, 0.4) is 0 Å². The topological polar surface area (TPSA) is 81.9 Å². The number of anilines is 1. The molecule has 0 atom stereocenters. The molecule has 3 aromatic heterocycles.